The largest absolute Gasteiger partial charge is 0.489 e. The lowest BCUT2D eigenvalue weighted by atomic mass is 10.00. The molecule has 0 aliphatic carbocycles. The number of ether oxygens (including phenoxy) is 2. The fourth-order valence-electron chi connectivity index (χ4n) is 3.74. The van der Waals surface area contributed by atoms with E-state index in [1.54, 1.807) is 19.3 Å². The van der Waals surface area contributed by atoms with Gasteiger partial charge in [-0.15, -0.1) is 0 Å². The molecule has 7 heteroatoms. The minimum absolute atomic E-state index is 0.000371. The van der Waals surface area contributed by atoms with E-state index >= 15 is 0 Å². The molecule has 184 valence electrons. The molecule has 2 aromatic carbocycles. The van der Waals surface area contributed by atoms with Gasteiger partial charge in [-0.25, -0.2) is 4.39 Å². The number of esters is 1. The molecular formula is C28H31FN2O4. The van der Waals surface area contributed by atoms with Crippen LogP contribution in [0.3, 0.4) is 0 Å². The maximum atomic E-state index is 15.0. The molecule has 0 aliphatic heterocycles. The molecule has 35 heavy (non-hydrogen) atoms. The lowest BCUT2D eigenvalue weighted by molar-refractivity contribution is -0.142. The Morgan fingerprint density at radius 2 is 1.91 bits per heavy atom. The second kappa shape index (κ2) is 12.1. The van der Waals surface area contributed by atoms with Crippen LogP contribution in [0.4, 0.5) is 4.39 Å². The summed E-state index contributed by atoms with van der Waals surface area (Å²) in [6.45, 7) is 8.28. The van der Waals surface area contributed by atoms with Gasteiger partial charge in [-0.2, -0.15) is 0 Å². The van der Waals surface area contributed by atoms with Gasteiger partial charge < -0.3 is 19.6 Å². The van der Waals surface area contributed by atoms with E-state index in [9.17, 15) is 9.18 Å². The van der Waals surface area contributed by atoms with Gasteiger partial charge in [-0.05, 0) is 55.3 Å². The average Bonchev–Trinajstić information content (AvgIpc) is 3.34. The number of carbonyl (C=O) groups excluding carboxylic acids is 1. The Hall–Kier alpha value is -3.71. The van der Waals surface area contributed by atoms with E-state index in [2.05, 4.69) is 4.98 Å². The van der Waals surface area contributed by atoms with Crippen molar-refractivity contribution in [1.82, 2.24) is 4.98 Å². The first-order valence-electron chi connectivity index (χ1n) is 11.7. The maximum Gasteiger partial charge on any atom is 0.310 e. The number of benzene rings is 2. The third kappa shape index (κ3) is 6.05. The molecule has 6 nitrogen and oxygen atoms in total. The van der Waals surface area contributed by atoms with Crippen molar-refractivity contribution < 1.29 is 23.1 Å². The summed E-state index contributed by atoms with van der Waals surface area (Å²) in [6.07, 6.45) is 3.23. The summed E-state index contributed by atoms with van der Waals surface area (Å²) in [7, 11) is 0. The highest BCUT2D eigenvalue weighted by Crippen LogP contribution is 2.34. The highest BCUT2D eigenvalue weighted by molar-refractivity contribution is 5.93. The van der Waals surface area contributed by atoms with Crippen LogP contribution in [0.25, 0.3) is 22.1 Å². The number of fused-ring (bicyclic) bond motifs is 1. The van der Waals surface area contributed by atoms with Crippen LogP contribution in [-0.2, 0) is 29.1 Å². The van der Waals surface area contributed by atoms with Crippen LogP contribution < -0.4 is 10.5 Å². The molecule has 0 spiro atoms. The van der Waals surface area contributed by atoms with E-state index in [4.69, 9.17) is 19.6 Å². The Balaban J connectivity index is 0.00000167. The zero-order valence-corrected chi connectivity index (χ0v) is 20.6. The van der Waals surface area contributed by atoms with Crippen molar-refractivity contribution in [3.05, 3.63) is 83.1 Å². The van der Waals surface area contributed by atoms with Crippen molar-refractivity contribution in [3.8, 4) is 16.9 Å². The van der Waals surface area contributed by atoms with Crippen molar-refractivity contribution in [3.63, 3.8) is 0 Å². The quantitative estimate of drug-likeness (QED) is 0.307. The number of furan rings is 1. The van der Waals surface area contributed by atoms with Crippen LogP contribution in [0.2, 0.25) is 0 Å². The summed E-state index contributed by atoms with van der Waals surface area (Å²) in [5, 5.41) is 0.826. The lowest BCUT2D eigenvalue weighted by Gasteiger charge is -2.14. The van der Waals surface area contributed by atoms with Gasteiger partial charge >= 0.3 is 5.97 Å². The van der Waals surface area contributed by atoms with Crippen molar-refractivity contribution in [2.24, 2.45) is 5.73 Å². The normalized spacial score (nSPS) is 10.6. The third-order valence-corrected chi connectivity index (χ3v) is 5.31. The van der Waals surface area contributed by atoms with Crippen LogP contribution in [0, 0.1) is 12.7 Å². The molecule has 0 fully saturated rings. The highest BCUT2D eigenvalue weighted by atomic mass is 19.1. The number of aromatic nitrogens is 1. The van der Waals surface area contributed by atoms with Gasteiger partial charge in [0.05, 0.1) is 25.0 Å². The molecule has 0 atom stereocenters. The van der Waals surface area contributed by atoms with E-state index < -0.39 is 5.82 Å². The smallest absolute Gasteiger partial charge is 0.310 e. The average molecular weight is 479 g/mol. The minimum Gasteiger partial charge on any atom is -0.489 e. The van der Waals surface area contributed by atoms with Crippen molar-refractivity contribution in [2.75, 3.05) is 6.61 Å². The van der Waals surface area contributed by atoms with Gasteiger partial charge in [0.2, 0.25) is 0 Å². The van der Waals surface area contributed by atoms with E-state index in [-0.39, 0.29) is 31.2 Å². The summed E-state index contributed by atoms with van der Waals surface area (Å²) in [5.41, 5.74) is 9.95. The first kappa shape index (κ1) is 25.9. The molecule has 0 unspecified atom stereocenters. The Labute approximate surface area is 204 Å². The molecule has 0 aliphatic rings. The maximum absolute atomic E-state index is 15.0. The van der Waals surface area contributed by atoms with Gasteiger partial charge in [-0.1, -0.05) is 26.0 Å². The van der Waals surface area contributed by atoms with Crippen molar-refractivity contribution in [1.29, 1.82) is 0 Å². The first-order valence-corrected chi connectivity index (χ1v) is 11.7. The van der Waals surface area contributed by atoms with Gasteiger partial charge in [0.15, 0.2) is 5.82 Å². The van der Waals surface area contributed by atoms with Gasteiger partial charge in [0.25, 0.3) is 0 Å². The molecule has 4 aromatic rings. The molecule has 0 saturated carbocycles. The molecular weight excluding hydrogens is 447 g/mol. The fourth-order valence-corrected chi connectivity index (χ4v) is 3.74. The van der Waals surface area contributed by atoms with Crippen molar-refractivity contribution in [2.45, 2.75) is 47.3 Å². The van der Waals surface area contributed by atoms with Crippen LogP contribution in [0.1, 0.15) is 43.2 Å². The Kier molecular flexibility index (Phi) is 8.98. The lowest BCUT2D eigenvalue weighted by Crippen LogP contribution is -2.09. The number of aryl methyl sites for hydroxylation is 1. The monoisotopic (exact) mass is 478 g/mol. The van der Waals surface area contributed by atoms with E-state index in [0.29, 0.717) is 29.1 Å². The Morgan fingerprint density at radius 3 is 2.66 bits per heavy atom. The van der Waals surface area contributed by atoms with Gasteiger partial charge in [0.1, 0.15) is 17.9 Å². The highest BCUT2D eigenvalue weighted by Gasteiger charge is 2.17. The van der Waals surface area contributed by atoms with Crippen LogP contribution in [0.5, 0.6) is 5.75 Å². The number of nitrogens with zero attached hydrogens (tertiary/aromatic N) is 1. The topological polar surface area (TPSA) is 87.6 Å². The van der Waals surface area contributed by atoms with Crippen LogP contribution in [0.15, 0.2) is 59.3 Å². The molecule has 2 aromatic heterocycles. The van der Waals surface area contributed by atoms with E-state index in [1.165, 1.54) is 6.20 Å². The van der Waals surface area contributed by atoms with Crippen LogP contribution in [-0.4, -0.2) is 17.6 Å². The fraction of sp³-hybridized carbons (Fsp3) is 0.286. The molecule has 0 radical (unpaired) electrons. The summed E-state index contributed by atoms with van der Waals surface area (Å²) in [6, 6.07) is 12.9. The predicted molar refractivity (Wildman–Crippen MR) is 134 cm³/mol. The number of nitrogens with two attached hydrogens (primary N) is 1. The number of hydrogen-bond acceptors (Lipinski definition) is 6. The van der Waals surface area contributed by atoms with E-state index in [0.717, 1.165) is 22.1 Å². The number of carbonyl (C=O) groups is 1. The number of halogens is 1. The molecule has 2 N–H and O–H groups in total. The standard InChI is InChI=1S/C26H25FN2O4.C2H6/c1-3-31-24(30)13-18-5-4-16(2)10-23(18)33-15-17-11-19-7-9-32-26(19)21(12-17)20-6-8-29-22(14-28)25(20)27;1-2/h4-12H,3,13-15,28H2,1-2H3;1-2H3. The number of rotatable bonds is 8. The Morgan fingerprint density at radius 1 is 1.11 bits per heavy atom. The predicted octanol–water partition coefficient (Wildman–Crippen LogP) is 6.11. The zero-order chi connectivity index (χ0) is 25.4. The second-order valence-corrected chi connectivity index (χ2v) is 7.69. The first-order chi connectivity index (χ1) is 17.0. The van der Waals surface area contributed by atoms with E-state index in [1.807, 2.05) is 57.2 Å². The molecule has 0 amide bonds. The summed E-state index contributed by atoms with van der Waals surface area (Å²) in [4.78, 5) is 16.0. The van der Waals surface area contributed by atoms with Crippen molar-refractivity contribution >= 4 is 16.9 Å². The molecule has 0 saturated heterocycles. The SMILES string of the molecule is CC.CCOC(=O)Cc1ccc(C)cc1OCc1cc(-c2ccnc(CN)c2F)c2occc2c1. The molecule has 2 heterocycles. The number of pyridine rings is 1. The van der Waals surface area contributed by atoms with Gasteiger partial charge in [-0.3, -0.25) is 9.78 Å². The summed E-state index contributed by atoms with van der Waals surface area (Å²) < 4.78 is 31.8. The summed E-state index contributed by atoms with van der Waals surface area (Å²) in [5.74, 6) is -0.166. The Bertz CT molecular complexity index is 1300. The third-order valence-electron chi connectivity index (χ3n) is 5.31. The zero-order valence-electron chi connectivity index (χ0n) is 20.6. The summed E-state index contributed by atoms with van der Waals surface area (Å²) >= 11 is 0. The molecule has 0 bridgehead atoms. The number of hydrogen-bond donors (Lipinski definition) is 1. The second-order valence-electron chi connectivity index (χ2n) is 7.69. The van der Waals surface area contributed by atoms with Crippen LogP contribution >= 0.6 is 0 Å². The molecule has 4 rings (SSSR count). The minimum atomic E-state index is -0.467. The van der Waals surface area contributed by atoms with Gasteiger partial charge in [0, 0.05) is 34.8 Å².